The lowest BCUT2D eigenvalue weighted by Crippen LogP contribution is -2.28. The lowest BCUT2D eigenvalue weighted by molar-refractivity contribution is 0.0631. The lowest BCUT2D eigenvalue weighted by Gasteiger charge is -2.11. The van der Waals surface area contributed by atoms with Gasteiger partial charge in [0.15, 0.2) is 0 Å². The molecule has 9 heteroatoms. The highest BCUT2D eigenvalue weighted by atomic mass is 32.1. The highest BCUT2D eigenvalue weighted by molar-refractivity contribution is 7.13. The van der Waals surface area contributed by atoms with Gasteiger partial charge in [-0.1, -0.05) is 6.07 Å². The molecule has 0 fully saturated rings. The van der Waals surface area contributed by atoms with Crippen molar-refractivity contribution in [3.05, 3.63) is 94.5 Å². The molecule has 0 aliphatic carbocycles. The molecular weight excluding hydrogens is 428 g/mol. The normalized spacial score (nSPS) is 12.8. The predicted molar refractivity (Wildman–Crippen MR) is 116 cm³/mol. The molecule has 158 valence electrons. The van der Waals surface area contributed by atoms with Crippen molar-refractivity contribution in [2.45, 2.75) is 13.1 Å². The molecule has 0 saturated carbocycles. The van der Waals surface area contributed by atoms with Crippen molar-refractivity contribution in [3.63, 3.8) is 0 Å². The zero-order chi connectivity index (χ0) is 22.1. The van der Waals surface area contributed by atoms with E-state index in [1.54, 1.807) is 18.3 Å². The third-order valence-electron chi connectivity index (χ3n) is 4.99. The minimum Gasteiger partial charge on any atom is -0.467 e. The molecule has 4 heterocycles. The molecular formula is C23H16N4O4S. The van der Waals surface area contributed by atoms with Crippen molar-refractivity contribution < 1.29 is 18.8 Å². The van der Waals surface area contributed by atoms with Crippen LogP contribution in [0.2, 0.25) is 0 Å². The van der Waals surface area contributed by atoms with Gasteiger partial charge >= 0.3 is 0 Å². The van der Waals surface area contributed by atoms with Crippen LogP contribution in [0.3, 0.4) is 0 Å². The Morgan fingerprint density at radius 2 is 1.94 bits per heavy atom. The second-order valence-corrected chi connectivity index (χ2v) is 7.94. The topological polar surface area (TPSA) is 105 Å². The Labute approximate surface area is 186 Å². The van der Waals surface area contributed by atoms with Crippen molar-refractivity contribution in [2.75, 3.05) is 0 Å². The fourth-order valence-electron chi connectivity index (χ4n) is 3.40. The van der Waals surface area contributed by atoms with Gasteiger partial charge in [0.25, 0.3) is 17.7 Å². The van der Waals surface area contributed by atoms with Crippen molar-refractivity contribution in [1.82, 2.24) is 20.2 Å². The third kappa shape index (κ3) is 3.69. The number of hydrogen-bond acceptors (Lipinski definition) is 7. The van der Waals surface area contributed by atoms with E-state index in [0.29, 0.717) is 17.0 Å². The smallest absolute Gasteiger partial charge is 0.261 e. The van der Waals surface area contributed by atoms with Gasteiger partial charge in [-0.2, -0.15) is 0 Å². The molecule has 1 aromatic carbocycles. The third-order valence-corrected chi connectivity index (χ3v) is 5.91. The minimum absolute atomic E-state index is 0.0449. The largest absolute Gasteiger partial charge is 0.467 e. The summed E-state index contributed by atoms with van der Waals surface area (Å²) in [6.45, 7) is 0.278. The highest BCUT2D eigenvalue weighted by Crippen LogP contribution is 2.26. The van der Waals surface area contributed by atoms with Gasteiger partial charge in [0, 0.05) is 17.1 Å². The number of imide groups is 1. The van der Waals surface area contributed by atoms with E-state index in [2.05, 4.69) is 15.3 Å². The Hall–Kier alpha value is -4.11. The number of aromatic nitrogens is 2. The SMILES string of the molecule is O=C(NCc1csc(-c2ccccn2)n1)c1ccc2c(c1)C(=O)N(Cc1ccco1)C2=O. The number of fused-ring (bicyclic) bond motifs is 1. The number of benzene rings is 1. The molecule has 4 aromatic rings. The quantitative estimate of drug-likeness (QED) is 0.456. The molecule has 1 aliphatic heterocycles. The molecule has 0 bridgehead atoms. The summed E-state index contributed by atoms with van der Waals surface area (Å²) in [4.78, 5) is 47.9. The predicted octanol–water partition coefficient (Wildman–Crippen LogP) is 3.52. The molecule has 5 rings (SSSR count). The molecule has 0 atom stereocenters. The van der Waals surface area contributed by atoms with Crippen molar-refractivity contribution >= 4 is 29.1 Å². The van der Waals surface area contributed by atoms with E-state index in [1.807, 2.05) is 23.6 Å². The molecule has 1 aliphatic rings. The summed E-state index contributed by atoms with van der Waals surface area (Å²) in [6.07, 6.45) is 3.19. The average molecular weight is 444 g/mol. The number of hydrogen-bond donors (Lipinski definition) is 1. The van der Waals surface area contributed by atoms with Crippen LogP contribution in [0.5, 0.6) is 0 Å². The van der Waals surface area contributed by atoms with Crippen molar-refractivity contribution in [2.24, 2.45) is 0 Å². The standard InChI is InChI=1S/C23H16N4O4S/c28-20(25-11-15-13-32-21(26-15)19-5-1-2-8-24-19)14-6-7-17-18(10-14)23(30)27(22(17)29)12-16-4-3-9-31-16/h1-10,13H,11-12H2,(H,25,28). The number of carbonyl (C=O) groups excluding carboxylic acids is 3. The van der Waals surface area contributed by atoms with E-state index < -0.39 is 11.8 Å². The van der Waals surface area contributed by atoms with Gasteiger partial charge in [-0.05, 0) is 42.5 Å². The summed E-state index contributed by atoms with van der Waals surface area (Å²) in [5.74, 6) is -0.704. The lowest BCUT2D eigenvalue weighted by atomic mass is 10.1. The first-order valence-electron chi connectivity index (χ1n) is 9.77. The van der Waals surface area contributed by atoms with Crippen LogP contribution in [0.25, 0.3) is 10.7 Å². The zero-order valence-electron chi connectivity index (χ0n) is 16.6. The molecule has 0 spiro atoms. The second kappa shape index (κ2) is 8.20. The summed E-state index contributed by atoms with van der Waals surface area (Å²) < 4.78 is 5.24. The monoisotopic (exact) mass is 444 g/mol. The summed E-state index contributed by atoms with van der Waals surface area (Å²) >= 11 is 1.45. The average Bonchev–Trinajstić information content (AvgIpc) is 3.56. The number of nitrogens with zero attached hydrogens (tertiary/aromatic N) is 3. The van der Waals surface area contributed by atoms with Gasteiger partial charge in [0.1, 0.15) is 10.8 Å². The molecule has 1 N–H and O–H groups in total. The molecule has 8 nitrogen and oxygen atoms in total. The molecule has 0 unspecified atom stereocenters. The zero-order valence-corrected chi connectivity index (χ0v) is 17.5. The van der Waals surface area contributed by atoms with Crippen LogP contribution in [-0.4, -0.2) is 32.6 Å². The number of pyridine rings is 1. The maximum Gasteiger partial charge on any atom is 0.261 e. The van der Waals surface area contributed by atoms with Crippen LogP contribution >= 0.6 is 11.3 Å². The Kier molecular flexibility index (Phi) is 5.08. The van der Waals surface area contributed by atoms with E-state index in [0.717, 1.165) is 15.6 Å². The van der Waals surface area contributed by atoms with Crippen LogP contribution in [0.15, 0.2) is 70.8 Å². The summed E-state index contributed by atoms with van der Waals surface area (Å²) in [6, 6.07) is 13.5. The van der Waals surface area contributed by atoms with Gasteiger partial charge in [-0.15, -0.1) is 11.3 Å². The van der Waals surface area contributed by atoms with Gasteiger partial charge in [-0.25, -0.2) is 4.98 Å². The number of nitrogens with one attached hydrogen (secondary N) is 1. The van der Waals surface area contributed by atoms with E-state index in [9.17, 15) is 14.4 Å². The van der Waals surface area contributed by atoms with Crippen LogP contribution in [-0.2, 0) is 13.1 Å². The van der Waals surface area contributed by atoms with E-state index in [4.69, 9.17) is 4.42 Å². The Morgan fingerprint density at radius 1 is 1.06 bits per heavy atom. The first kappa shape index (κ1) is 19.8. The Balaban J connectivity index is 1.27. The van der Waals surface area contributed by atoms with Gasteiger partial charge in [-0.3, -0.25) is 24.3 Å². The Bertz CT molecular complexity index is 1320. The first-order chi connectivity index (χ1) is 15.6. The van der Waals surface area contributed by atoms with Gasteiger partial charge < -0.3 is 9.73 Å². The fourth-order valence-corrected chi connectivity index (χ4v) is 4.20. The highest BCUT2D eigenvalue weighted by Gasteiger charge is 2.36. The minimum atomic E-state index is -0.449. The molecule has 0 saturated heterocycles. The number of rotatable bonds is 6. The fraction of sp³-hybridized carbons (Fsp3) is 0.0870. The number of amides is 3. The maximum atomic E-state index is 12.7. The number of thiazole rings is 1. The van der Waals surface area contributed by atoms with Crippen LogP contribution in [0.4, 0.5) is 0 Å². The maximum absolute atomic E-state index is 12.7. The first-order valence-corrected chi connectivity index (χ1v) is 10.6. The molecule has 0 radical (unpaired) electrons. The number of carbonyl (C=O) groups is 3. The van der Waals surface area contributed by atoms with Gasteiger partial charge in [0.05, 0.1) is 41.9 Å². The second-order valence-electron chi connectivity index (χ2n) is 7.08. The van der Waals surface area contributed by atoms with E-state index in [1.165, 1.54) is 35.8 Å². The number of furan rings is 1. The summed E-state index contributed by atoms with van der Waals surface area (Å²) in [5.41, 5.74) is 2.26. The molecule has 3 aromatic heterocycles. The summed E-state index contributed by atoms with van der Waals surface area (Å²) in [5, 5.41) is 5.44. The summed E-state index contributed by atoms with van der Waals surface area (Å²) in [7, 11) is 0. The van der Waals surface area contributed by atoms with E-state index >= 15 is 0 Å². The van der Waals surface area contributed by atoms with Crippen LogP contribution in [0.1, 0.15) is 42.5 Å². The van der Waals surface area contributed by atoms with Gasteiger partial charge in [0.2, 0.25) is 0 Å². The Morgan fingerprint density at radius 3 is 2.72 bits per heavy atom. The van der Waals surface area contributed by atoms with Crippen LogP contribution < -0.4 is 5.32 Å². The van der Waals surface area contributed by atoms with Crippen molar-refractivity contribution in [3.8, 4) is 10.7 Å². The van der Waals surface area contributed by atoms with Crippen LogP contribution in [0, 0.1) is 0 Å². The molecule has 32 heavy (non-hydrogen) atoms. The van der Waals surface area contributed by atoms with E-state index in [-0.39, 0.29) is 30.1 Å². The van der Waals surface area contributed by atoms with Crippen molar-refractivity contribution in [1.29, 1.82) is 0 Å². The molecule has 3 amide bonds.